The number of halogens is 1. The quantitative estimate of drug-likeness (QED) is 0.596. The molecule has 0 N–H and O–H groups in total. The maximum Gasteiger partial charge on any atom is 0.117 e. The first-order valence-electron chi connectivity index (χ1n) is 4.53. The first-order valence-corrected chi connectivity index (χ1v) is 4.53. The van der Waals surface area contributed by atoms with Crippen molar-refractivity contribution in [2.75, 3.05) is 13.1 Å². The summed E-state index contributed by atoms with van der Waals surface area (Å²) in [6, 6.07) is 0.504. The van der Waals surface area contributed by atoms with E-state index in [0.29, 0.717) is 12.6 Å². The molecule has 0 radical (unpaired) electrons. The maximum absolute atomic E-state index is 13.2. The van der Waals surface area contributed by atoms with Crippen LogP contribution in [0.4, 0.5) is 4.39 Å². The highest BCUT2D eigenvalue weighted by Gasteiger charge is 2.32. The Morgan fingerprint density at radius 3 is 2.36 bits per heavy atom. The average Bonchev–Trinajstić information content (AvgIpc) is 2.31. The Kier molecular flexibility index (Phi) is 2.88. The van der Waals surface area contributed by atoms with Gasteiger partial charge in [-0.1, -0.05) is 6.92 Å². The summed E-state index contributed by atoms with van der Waals surface area (Å²) in [6.45, 7) is 7.93. The number of alkyl halides is 1. The Bertz CT molecular complexity index is 125. The molecule has 1 nitrogen and oxygen atoms in total. The summed E-state index contributed by atoms with van der Waals surface area (Å²) in [4.78, 5) is 2.22. The third-order valence-electron chi connectivity index (χ3n) is 2.64. The number of nitrogens with zero attached hydrogens (tertiary/aromatic N) is 1. The van der Waals surface area contributed by atoms with Crippen LogP contribution in [0, 0.1) is 5.92 Å². The van der Waals surface area contributed by atoms with E-state index in [4.69, 9.17) is 0 Å². The predicted molar refractivity (Wildman–Crippen MR) is 45.4 cm³/mol. The SMILES string of the molecule is CC[C@@H]1CN(C(C)C)C[C@@H]1F. The van der Waals surface area contributed by atoms with Gasteiger partial charge in [0.2, 0.25) is 0 Å². The topological polar surface area (TPSA) is 3.24 Å². The first kappa shape index (κ1) is 8.98. The van der Waals surface area contributed by atoms with Crippen LogP contribution in [0.25, 0.3) is 0 Å². The predicted octanol–water partition coefficient (Wildman–Crippen LogP) is 2.07. The molecule has 2 atom stereocenters. The van der Waals surface area contributed by atoms with Gasteiger partial charge in [0.1, 0.15) is 6.17 Å². The van der Waals surface area contributed by atoms with E-state index in [1.807, 2.05) is 0 Å². The molecule has 2 heteroatoms. The van der Waals surface area contributed by atoms with Gasteiger partial charge in [0, 0.05) is 25.0 Å². The Morgan fingerprint density at radius 1 is 1.45 bits per heavy atom. The van der Waals surface area contributed by atoms with Gasteiger partial charge in [0.05, 0.1) is 0 Å². The summed E-state index contributed by atoms with van der Waals surface area (Å²) in [5.41, 5.74) is 0. The lowest BCUT2D eigenvalue weighted by Crippen LogP contribution is -2.28. The Balaban J connectivity index is 2.43. The molecule has 0 amide bonds. The van der Waals surface area contributed by atoms with Gasteiger partial charge in [-0.3, -0.25) is 4.90 Å². The molecule has 1 aliphatic heterocycles. The van der Waals surface area contributed by atoms with Crippen molar-refractivity contribution in [2.45, 2.75) is 39.4 Å². The molecule has 11 heavy (non-hydrogen) atoms. The molecule has 1 saturated heterocycles. The van der Waals surface area contributed by atoms with Crippen molar-refractivity contribution in [3.8, 4) is 0 Å². The van der Waals surface area contributed by atoms with E-state index in [2.05, 4.69) is 25.7 Å². The number of hydrogen-bond donors (Lipinski definition) is 0. The van der Waals surface area contributed by atoms with Crippen molar-refractivity contribution in [1.82, 2.24) is 4.90 Å². The lowest BCUT2D eigenvalue weighted by molar-refractivity contribution is 0.244. The molecule has 1 heterocycles. The Labute approximate surface area is 68.6 Å². The van der Waals surface area contributed by atoms with Gasteiger partial charge in [0.15, 0.2) is 0 Å². The number of rotatable bonds is 2. The van der Waals surface area contributed by atoms with E-state index in [-0.39, 0.29) is 5.92 Å². The summed E-state index contributed by atoms with van der Waals surface area (Å²) in [5.74, 6) is 0.289. The van der Waals surface area contributed by atoms with Gasteiger partial charge < -0.3 is 0 Å². The molecule has 0 aliphatic carbocycles. The number of likely N-dealkylation sites (tertiary alicyclic amines) is 1. The molecule has 0 spiro atoms. The largest absolute Gasteiger partial charge is 0.298 e. The smallest absolute Gasteiger partial charge is 0.117 e. The zero-order valence-corrected chi connectivity index (χ0v) is 7.68. The van der Waals surface area contributed by atoms with Crippen molar-refractivity contribution in [3.05, 3.63) is 0 Å². The molecule has 0 aromatic carbocycles. The van der Waals surface area contributed by atoms with Crippen LogP contribution >= 0.6 is 0 Å². The fourth-order valence-electron chi connectivity index (χ4n) is 1.67. The summed E-state index contributed by atoms with van der Waals surface area (Å²) in [5, 5.41) is 0. The van der Waals surface area contributed by atoms with E-state index in [0.717, 1.165) is 13.0 Å². The third kappa shape index (κ3) is 1.92. The monoisotopic (exact) mass is 159 g/mol. The molecular weight excluding hydrogens is 141 g/mol. The van der Waals surface area contributed by atoms with Crippen LogP contribution in [0.15, 0.2) is 0 Å². The van der Waals surface area contributed by atoms with Crippen LogP contribution in [0.1, 0.15) is 27.2 Å². The molecule has 0 saturated carbocycles. The zero-order valence-electron chi connectivity index (χ0n) is 7.68. The average molecular weight is 159 g/mol. The van der Waals surface area contributed by atoms with Crippen molar-refractivity contribution < 1.29 is 4.39 Å². The molecule has 0 unspecified atom stereocenters. The Morgan fingerprint density at radius 2 is 2.09 bits per heavy atom. The second kappa shape index (κ2) is 3.53. The maximum atomic E-state index is 13.2. The molecule has 1 aliphatic rings. The highest BCUT2D eigenvalue weighted by Crippen LogP contribution is 2.23. The van der Waals surface area contributed by atoms with Crippen molar-refractivity contribution in [3.63, 3.8) is 0 Å². The summed E-state index contributed by atoms with van der Waals surface area (Å²) < 4.78 is 13.2. The van der Waals surface area contributed by atoms with Crippen molar-refractivity contribution in [1.29, 1.82) is 0 Å². The van der Waals surface area contributed by atoms with Crippen LogP contribution in [0.5, 0.6) is 0 Å². The van der Waals surface area contributed by atoms with Gasteiger partial charge in [-0.15, -0.1) is 0 Å². The van der Waals surface area contributed by atoms with E-state index < -0.39 is 6.17 Å². The van der Waals surface area contributed by atoms with Crippen molar-refractivity contribution in [2.24, 2.45) is 5.92 Å². The van der Waals surface area contributed by atoms with Gasteiger partial charge in [-0.05, 0) is 20.3 Å². The molecular formula is C9H18FN. The van der Waals surface area contributed by atoms with Gasteiger partial charge in [-0.25, -0.2) is 4.39 Å². The van der Waals surface area contributed by atoms with E-state index in [9.17, 15) is 4.39 Å². The molecule has 1 rings (SSSR count). The van der Waals surface area contributed by atoms with Crippen molar-refractivity contribution >= 4 is 0 Å². The van der Waals surface area contributed by atoms with Crippen LogP contribution in [-0.2, 0) is 0 Å². The standard InChI is InChI=1S/C9H18FN/c1-4-8-5-11(7(2)3)6-9(8)10/h7-9H,4-6H2,1-3H3/t8-,9+/m1/s1. The second-order valence-electron chi connectivity index (χ2n) is 3.73. The highest BCUT2D eigenvalue weighted by molar-refractivity contribution is 4.84. The minimum absolute atomic E-state index is 0.289. The lowest BCUT2D eigenvalue weighted by atomic mass is 10.1. The molecule has 0 bridgehead atoms. The van der Waals surface area contributed by atoms with E-state index >= 15 is 0 Å². The highest BCUT2D eigenvalue weighted by atomic mass is 19.1. The van der Waals surface area contributed by atoms with Crippen LogP contribution in [-0.4, -0.2) is 30.2 Å². The molecule has 0 aromatic heterocycles. The van der Waals surface area contributed by atoms with Crippen LogP contribution in [0.2, 0.25) is 0 Å². The summed E-state index contributed by atoms with van der Waals surface area (Å²) in [7, 11) is 0. The van der Waals surface area contributed by atoms with E-state index in [1.165, 1.54) is 0 Å². The lowest BCUT2D eigenvalue weighted by Gasteiger charge is -2.19. The first-order chi connectivity index (χ1) is 5.15. The second-order valence-corrected chi connectivity index (χ2v) is 3.73. The fraction of sp³-hybridized carbons (Fsp3) is 1.00. The minimum Gasteiger partial charge on any atom is -0.298 e. The van der Waals surface area contributed by atoms with Crippen LogP contribution in [0.3, 0.4) is 0 Å². The zero-order chi connectivity index (χ0) is 8.43. The molecule has 0 aromatic rings. The summed E-state index contributed by atoms with van der Waals surface area (Å²) in [6.07, 6.45) is 0.395. The van der Waals surface area contributed by atoms with Gasteiger partial charge in [0.25, 0.3) is 0 Å². The summed E-state index contributed by atoms with van der Waals surface area (Å²) >= 11 is 0. The number of hydrogen-bond acceptors (Lipinski definition) is 1. The third-order valence-corrected chi connectivity index (χ3v) is 2.64. The minimum atomic E-state index is -0.581. The van der Waals surface area contributed by atoms with Gasteiger partial charge in [-0.2, -0.15) is 0 Å². The Hall–Kier alpha value is -0.110. The normalized spacial score (nSPS) is 33.5. The molecule has 1 fully saturated rings. The molecule has 66 valence electrons. The van der Waals surface area contributed by atoms with E-state index in [1.54, 1.807) is 0 Å². The van der Waals surface area contributed by atoms with Gasteiger partial charge >= 0.3 is 0 Å². The van der Waals surface area contributed by atoms with Crippen LogP contribution < -0.4 is 0 Å². The fourth-order valence-corrected chi connectivity index (χ4v) is 1.67.